The molecule has 0 unspecified atom stereocenters. The molecule has 1 amide bonds. The van der Waals surface area contributed by atoms with Gasteiger partial charge in [-0.1, -0.05) is 0 Å². The Morgan fingerprint density at radius 1 is 1.33 bits per heavy atom. The van der Waals surface area contributed by atoms with E-state index in [1.165, 1.54) is 4.88 Å². The fraction of sp³-hybridized carbons (Fsp3) is 0.692. The number of nitrogen functional groups attached to an aromatic ring is 1. The van der Waals surface area contributed by atoms with Gasteiger partial charge in [0.1, 0.15) is 0 Å². The maximum atomic E-state index is 11.6. The second-order valence-corrected chi connectivity index (χ2v) is 6.47. The van der Waals surface area contributed by atoms with E-state index in [0.29, 0.717) is 11.6 Å². The number of halogens is 1. The van der Waals surface area contributed by atoms with Gasteiger partial charge < -0.3 is 15.5 Å². The first-order valence-electron chi connectivity index (χ1n) is 6.89. The van der Waals surface area contributed by atoms with Crippen molar-refractivity contribution in [1.82, 2.24) is 19.7 Å². The van der Waals surface area contributed by atoms with Crippen LogP contribution in [0.2, 0.25) is 0 Å². The lowest BCUT2D eigenvalue weighted by atomic mass is 10.2. The lowest BCUT2D eigenvalue weighted by molar-refractivity contribution is -0.129. The Bertz CT molecular complexity index is 446. The Morgan fingerprint density at radius 3 is 2.48 bits per heavy atom. The van der Waals surface area contributed by atoms with Crippen LogP contribution in [0.1, 0.15) is 11.3 Å². The van der Waals surface area contributed by atoms with E-state index < -0.39 is 0 Å². The van der Waals surface area contributed by atoms with Gasteiger partial charge in [0.25, 0.3) is 0 Å². The molecule has 6 nitrogen and oxygen atoms in total. The first kappa shape index (κ1) is 18.2. The van der Waals surface area contributed by atoms with Gasteiger partial charge in [0.2, 0.25) is 5.91 Å². The number of aromatic nitrogens is 1. The Balaban J connectivity index is 0.00000220. The summed E-state index contributed by atoms with van der Waals surface area (Å²) in [6.45, 7) is 5.91. The summed E-state index contributed by atoms with van der Waals surface area (Å²) < 4.78 is 0. The third-order valence-corrected chi connectivity index (χ3v) is 4.37. The fourth-order valence-corrected chi connectivity index (χ4v) is 2.99. The summed E-state index contributed by atoms with van der Waals surface area (Å²) in [7, 11) is 3.61. The Morgan fingerprint density at radius 2 is 1.95 bits per heavy atom. The maximum absolute atomic E-state index is 11.6. The van der Waals surface area contributed by atoms with Crippen molar-refractivity contribution < 1.29 is 4.79 Å². The van der Waals surface area contributed by atoms with Crippen molar-refractivity contribution in [2.24, 2.45) is 0 Å². The fourth-order valence-electron chi connectivity index (χ4n) is 2.26. The van der Waals surface area contributed by atoms with Gasteiger partial charge in [0.05, 0.1) is 0 Å². The Kier molecular flexibility index (Phi) is 7.37. The number of amides is 1. The molecule has 1 saturated heterocycles. The molecule has 0 saturated carbocycles. The molecule has 0 aliphatic carbocycles. The van der Waals surface area contributed by atoms with Crippen LogP contribution in [0.4, 0.5) is 5.13 Å². The Labute approximate surface area is 136 Å². The monoisotopic (exact) mass is 333 g/mol. The van der Waals surface area contributed by atoms with Crippen molar-refractivity contribution in [2.75, 3.05) is 52.6 Å². The molecule has 21 heavy (non-hydrogen) atoms. The van der Waals surface area contributed by atoms with Crippen LogP contribution in [0, 0.1) is 0 Å². The number of hydrogen-bond donors (Lipinski definition) is 1. The first-order chi connectivity index (χ1) is 9.54. The number of rotatable bonds is 5. The third kappa shape index (κ3) is 5.78. The molecule has 1 aliphatic heterocycles. The van der Waals surface area contributed by atoms with E-state index in [0.717, 1.165) is 39.3 Å². The van der Waals surface area contributed by atoms with E-state index in [1.54, 1.807) is 30.3 Å². The summed E-state index contributed by atoms with van der Waals surface area (Å²) >= 11 is 1.56. The number of anilines is 1. The number of thiazole rings is 1. The number of carbonyl (C=O) groups excluding carboxylic acids is 1. The van der Waals surface area contributed by atoms with Crippen LogP contribution in [0.5, 0.6) is 0 Å². The minimum absolute atomic E-state index is 0. The van der Waals surface area contributed by atoms with Gasteiger partial charge in [-0.05, 0) is 0 Å². The van der Waals surface area contributed by atoms with Crippen molar-refractivity contribution in [3.63, 3.8) is 0 Å². The smallest absolute Gasteiger partial charge is 0.223 e. The molecule has 2 heterocycles. The number of nitrogens with two attached hydrogens (primary N) is 1. The quantitative estimate of drug-likeness (QED) is 0.861. The summed E-state index contributed by atoms with van der Waals surface area (Å²) in [6.07, 6.45) is 2.47. The number of nitrogens with zero attached hydrogens (tertiary/aromatic N) is 4. The highest BCUT2D eigenvalue weighted by molar-refractivity contribution is 7.15. The maximum Gasteiger partial charge on any atom is 0.223 e. The zero-order valence-corrected chi connectivity index (χ0v) is 14.3. The van der Waals surface area contributed by atoms with Crippen molar-refractivity contribution in [3.05, 3.63) is 11.1 Å². The zero-order valence-electron chi connectivity index (χ0n) is 12.6. The van der Waals surface area contributed by atoms with E-state index in [-0.39, 0.29) is 18.3 Å². The van der Waals surface area contributed by atoms with Crippen LogP contribution < -0.4 is 5.73 Å². The van der Waals surface area contributed by atoms with E-state index in [1.807, 2.05) is 6.20 Å². The molecule has 0 radical (unpaired) electrons. The molecular formula is C13H24ClN5OS. The highest BCUT2D eigenvalue weighted by Gasteiger charge is 2.18. The molecule has 8 heteroatoms. The summed E-state index contributed by atoms with van der Waals surface area (Å²) in [6, 6.07) is 0. The average Bonchev–Trinajstić information content (AvgIpc) is 2.83. The van der Waals surface area contributed by atoms with Crippen LogP contribution >= 0.6 is 23.7 Å². The van der Waals surface area contributed by atoms with Crippen molar-refractivity contribution in [1.29, 1.82) is 0 Å². The molecule has 0 bridgehead atoms. The van der Waals surface area contributed by atoms with Gasteiger partial charge in [-0.15, -0.1) is 23.7 Å². The SMILES string of the molecule is CN(C)C(=O)CCN1CCN(Cc2cnc(N)s2)CC1.Cl. The van der Waals surface area contributed by atoms with Crippen molar-refractivity contribution >= 4 is 34.8 Å². The van der Waals surface area contributed by atoms with Crippen LogP contribution in [-0.4, -0.2) is 72.4 Å². The summed E-state index contributed by atoms with van der Waals surface area (Å²) in [5.41, 5.74) is 5.64. The predicted octanol–water partition coefficient (Wildman–Crippen LogP) is 0.743. The first-order valence-corrected chi connectivity index (χ1v) is 7.71. The number of piperazine rings is 1. The minimum atomic E-state index is 0. The average molecular weight is 334 g/mol. The van der Waals surface area contributed by atoms with Crippen molar-refractivity contribution in [2.45, 2.75) is 13.0 Å². The molecule has 120 valence electrons. The molecule has 1 aromatic rings. The van der Waals surface area contributed by atoms with E-state index >= 15 is 0 Å². The standard InChI is InChI=1S/C13H23N5OS.ClH/c1-16(2)12(19)3-4-17-5-7-18(8-6-17)10-11-9-15-13(14)20-11;/h9H,3-8,10H2,1-2H3,(H2,14,15);1H. The lowest BCUT2D eigenvalue weighted by Crippen LogP contribution is -2.46. The molecule has 1 aromatic heterocycles. The van der Waals surface area contributed by atoms with Gasteiger partial charge in [-0.2, -0.15) is 0 Å². The highest BCUT2D eigenvalue weighted by atomic mass is 35.5. The summed E-state index contributed by atoms with van der Waals surface area (Å²) in [5.74, 6) is 0.201. The third-order valence-electron chi connectivity index (χ3n) is 3.56. The number of carbonyl (C=O) groups is 1. The van der Waals surface area contributed by atoms with Gasteiger partial charge in [-0.25, -0.2) is 4.98 Å². The second-order valence-electron chi connectivity index (χ2n) is 5.32. The van der Waals surface area contributed by atoms with E-state index in [9.17, 15) is 4.79 Å². The molecule has 2 N–H and O–H groups in total. The van der Waals surface area contributed by atoms with Gasteiger partial charge >= 0.3 is 0 Å². The largest absolute Gasteiger partial charge is 0.375 e. The van der Waals surface area contributed by atoms with E-state index in [4.69, 9.17) is 5.73 Å². The summed E-state index contributed by atoms with van der Waals surface area (Å²) in [4.78, 5) is 23.3. The second kappa shape index (κ2) is 8.53. The van der Waals surface area contributed by atoms with Crippen LogP contribution in [0.15, 0.2) is 6.20 Å². The van der Waals surface area contributed by atoms with Crippen molar-refractivity contribution in [3.8, 4) is 0 Å². The zero-order chi connectivity index (χ0) is 14.5. The van der Waals surface area contributed by atoms with E-state index in [2.05, 4.69) is 14.8 Å². The van der Waals surface area contributed by atoms with Crippen LogP contribution in [-0.2, 0) is 11.3 Å². The lowest BCUT2D eigenvalue weighted by Gasteiger charge is -2.34. The highest BCUT2D eigenvalue weighted by Crippen LogP contribution is 2.17. The van der Waals surface area contributed by atoms with Gasteiger partial charge in [0.15, 0.2) is 5.13 Å². The predicted molar refractivity (Wildman–Crippen MR) is 88.8 cm³/mol. The summed E-state index contributed by atoms with van der Waals surface area (Å²) in [5, 5.41) is 0.640. The molecule has 0 atom stereocenters. The number of hydrogen-bond acceptors (Lipinski definition) is 6. The van der Waals surface area contributed by atoms with Gasteiger partial charge in [-0.3, -0.25) is 9.69 Å². The molecule has 1 aliphatic rings. The Hall–Kier alpha value is -0.890. The molecule has 0 spiro atoms. The van der Waals surface area contributed by atoms with Crippen LogP contribution in [0.25, 0.3) is 0 Å². The normalized spacial score (nSPS) is 16.5. The topological polar surface area (TPSA) is 65.7 Å². The molecule has 2 rings (SSSR count). The minimum Gasteiger partial charge on any atom is -0.375 e. The van der Waals surface area contributed by atoms with Gasteiger partial charge in [0, 0.05) is 70.9 Å². The molecular weight excluding hydrogens is 310 g/mol. The van der Waals surface area contributed by atoms with Crippen LogP contribution in [0.3, 0.4) is 0 Å². The molecule has 1 fully saturated rings. The molecule has 0 aromatic carbocycles.